The third-order valence-electron chi connectivity index (χ3n) is 6.23. The van der Waals surface area contributed by atoms with Gasteiger partial charge in [-0.05, 0) is 41.0 Å². The molecule has 0 bridgehead atoms. The SMILES string of the molecule is CCCOc1cc2c(c(F)c1OC)C(=N)N(CC(=O)c1cc(C(C)(C)C)c(O)c(C(C)(C)C)c1)C2. The number of phenols is 1. The molecule has 3 rings (SSSR count). The molecule has 0 amide bonds. The Morgan fingerprint density at radius 3 is 2.17 bits per heavy atom. The van der Waals surface area contributed by atoms with Crippen LogP contribution in [0, 0.1) is 11.2 Å². The highest BCUT2D eigenvalue weighted by atomic mass is 19.1. The number of fused-ring (bicyclic) bond motifs is 1. The van der Waals surface area contributed by atoms with Gasteiger partial charge in [-0.1, -0.05) is 48.5 Å². The van der Waals surface area contributed by atoms with Crippen molar-refractivity contribution < 1.29 is 23.8 Å². The predicted octanol–water partition coefficient (Wildman–Crippen LogP) is 5.95. The quantitative estimate of drug-likeness (QED) is 0.475. The van der Waals surface area contributed by atoms with Gasteiger partial charge in [0, 0.05) is 23.2 Å². The van der Waals surface area contributed by atoms with Crippen LogP contribution in [-0.2, 0) is 17.4 Å². The van der Waals surface area contributed by atoms with Crippen LogP contribution in [0.2, 0.25) is 0 Å². The van der Waals surface area contributed by atoms with E-state index in [9.17, 15) is 9.90 Å². The molecule has 2 aromatic rings. The number of phenolic OH excluding ortho intramolecular Hbond substituents is 1. The first kappa shape index (κ1) is 26.5. The number of nitrogens with zero attached hydrogens (tertiary/aromatic N) is 1. The molecule has 0 radical (unpaired) electrons. The maximum absolute atomic E-state index is 15.3. The van der Waals surface area contributed by atoms with Crippen LogP contribution in [0.3, 0.4) is 0 Å². The predicted molar refractivity (Wildman–Crippen MR) is 136 cm³/mol. The second kappa shape index (κ2) is 9.51. The average Bonchev–Trinajstić information content (AvgIpc) is 3.05. The Kier molecular flexibility index (Phi) is 7.21. The third kappa shape index (κ3) is 5.14. The van der Waals surface area contributed by atoms with Crippen molar-refractivity contribution in [3.05, 3.63) is 51.8 Å². The van der Waals surface area contributed by atoms with E-state index in [1.165, 1.54) is 7.11 Å². The second-order valence-corrected chi connectivity index (χ2v) is 11.2. The van der Waals surface area contributed by atoms with Crippen LogP contribution in [0.5, 0.6) is 17.2 Å². The topological polar surface area (TPSA) is 82.9 Å². The molecule has 0 aromatic heterocycles. The molecule has 0 unspecified atom stereocenters. The normalized spacial score (nSPS) is 13.7. The maximum atomic E-state index is 15.3. The Balaban J connectivity index is 1.96. The van der Waals surface area contributed by atoms with Crippen LogP contribution >= 0.6 is 0 Å². The van der Waals surface area contributed by atoms with Crippen molar-refractivity contribution in [2.24, 2.45) is 0 Å². The second-order valence-electron chi connectivity index (χ2n) is 11.2. The van der Waals surface area contributed by atoms with Gasteiger partial charge in [-0.2, -0.15) is 0 Å². The van der Waals surface area contributed by atoms with Crippen molar-refractivity contribution in [1.29, 1.82) is 5.41 Å². The number of hydrogen-bond donors (Lipinski definition) is 2. The number of benzene rings is 2. The number of hydrogen-bond acceptors (Lipinski definition) is 5. The van der Waals surface area contributed by atoms with Crippen molar-refractivity contribution in [2.45, 2.75) is 72.3 Å². The zero-order valence-corrected chi connectivity index (χ0v) is 22.1. The molecule has 0 aliphatic carbocycles. The van der Waals surface area contributed by atoms with Gasteiger partial charge >= 0.3 is 0 Å². The van der Waals surface area contributed by atoms with E-state index in [0.717, 1.165) is 6.42 Å². The first-order valence-electron chi connectivity index (χ1n) is 12.0. The summed E-state index contributed by atoms with van der Waals surface area (Å²) in [5.74, 6) is -0.430. The van der Waals surface area contributed by atoms with Gasteiger partial charge in [0.1, 0.15) is 11.6 Å². The Labute approximate surface area is 207 Å². The van der Waals surface area contributed by atoms with Gasteiger partial charge in [-0.15, -0.1) is 0 Å². The van der Waals surface area contributed by atoms with Crippen molar-refractivity contribution >= 4 is 11.6 Å². The highest BCUT2D eigenvalue weighted by Gasteiger charge is 2.34. The summed E-state index contributed by atoms with van der Waals surface area (Å²) in [7, 11) is 1.37. The van der Waals surface area contributed by atoms with Crippen LogP contribution in [0.15, 0.2) is 18.2 Å². The lowest BCUT2D eigenvalue weighted by molar-refractivity contribution is 0.0962. The molecule has 2 aromatic carbocycles. The van der Waals surface area contributed by atoms with Gasteiger partial charge < -0.3 is 19.5 Å². The molecule has 35 heavy (non-hydrogen) atoms. The maximum Gasteiger partial charge on any atom is 0.197 e. The van der Waals surface area contributed by atoms with E-state index >= 15 is 4.39 Å². The highest BCUT2D eigenvalue weighted by Crippen LogP contribution is 2.41. The Morgan fingerprint density at radius 1 is 1.11 bits per heavy atom. The lowest BCUT2D eigenvalue weighted by Gasteiger charge is -2.28. The number of ketones is 1. The van der Waals surface area contributed by atoms with Crippen LogP contribution < -0.4 is 9.47 Å². The van der Waals surface area contributed by atoms with Gasteiger partial charge in [0.05, 0.1) is 25.8 Å². The van der Waals surface area contributed by atoms with Gasteiger partial charge in [0.2, 0.25) is 0 Å². The molecule has 1 aliphatic heterocycles. The summed E-state index contributed by atoms with van der Waals surface area (Å²) in [6.07, 6.45) is 0.762. The number of nitrogens with one attached hydrogen (secondary N) is 1. The number of carbonyl (C=O) groups is 1. The number of aromatic hydroxyl groups is 1. The van der Waals surface area contributed by atoms with Gasteiger partial charge in [0.15, 0.2) is 23.1 Å². The minimum Gasteiger partial charge on any atom is -0.507 e. The number of rotatable bonds is 7. The van der Waals surface area contributed by atoms with Crippen LogP contribution in [0.25, 0.3) is 0 Å². The zero-order chi connectivity index (χ0) is 26.3. The fraction of sp³-hybridized carbons (Fsp3) is 0.500. The monoisotopic (exact) mass is 484 g/mol. The number of Topliss-reactive ketones (excluding diaryl/α,β-unsaturated/α-hetero) is 1. The molecule has 7 heteroatoms. The fourth-order valence-corrected chi connectivity index (χ4v) is 4.33. The number of amidine groups is 1. The average molecular weight is 485 g/mol. The summed E-state index contributed by atoms with van der Waals surface area (Å²) < 4.78 is 26.2. The number of methoxy groups -OCH3 is 1. The molecule has 0 spiro atoms. The number of halogens is 1. The lowest BCUT2D eigenvalue weighted by Crippen LogP contribution is -2.31. The van der Waals surface area contributed by atoms with E-state index < -0.39 is 5.82 Å². The highest BCUT2D eigenvalue weighted by molar-refractivity contribution is 6.06. The van der Waals surface area contributed by atoms with Crippen LogP contribution in [-0.4, -0.2) is 41.9 Å². The molecular weight excluding hydrogens is 447 g/mol. The summed E-state index contributed by atoms with van der Waals surface area (Å²) in [4.78, 5) is 15.0. The number of ether oxygens (including phenoxy) is 2. The zero-order valence-electron chi connectivity index (χ0n) is 22.1. The van der Waals surface area contributed by atoms with E-state index in [1.807, 2.05) is 48.5 Å². The van der Waals surface area contributed by atoms with Crippen LogP contribution in [0.1, 0.15) is 87.5 Å². The molecular formula is C28H37FN2O4. The van der Waals surface area contributed by atoms with Crippen molar-refractivity contribution in [3.63, 3.8) is 0 Å². The number of carbonyl (C=O) groups excluding carboxylic acids is 1. The molecule has 2 N–H and O–H groups in total. The Morgan fingerprint density at radius 2 is 1.69 bits per heavy atom. The first-order chi connectivity index (χ1) is 16.2. The lowest BCUT2D eigenvalue weighted by atomic mass is 9.78. The minimum atomic E-state index is -0.647. The molecule has 190 valence electrons. The Bertz CT molecular complexity index is 1120. The summed E-state index contributed by atoms with van der Waals surface area (Å²) in [5.41, 5.74) is 1.84. The van der Waals surface area contributed by atoms with E-state index in [-0.39, 0.29) is 52.6 Å². The van der Waals surface area contributed by atoms with Crippen molar-refractivity contribution in [3.8, 4) is 17.2 Å². The van der Waals surface area contributed by atoms with Gasteiger partial charge in [0.25, 0.3) is 0 Å². The van der Waals surface area contributed by atoms with Crippen LogP contribution in [0.4, 0.5) is 4.39 Å². The first-order valence-corrected chi connectivity index (χ1v) is 12.0. The summed E-state index contributed by atoms with van der Waals surface area (Å²) in [6, 6.07) is 5.17. The van der Waals surface area contributed by atoms with E-state index in [1.54, 1.807) is 23.1 Å². The molecule has 0 atom stereocenters. The van der Waals surface area contributed by atoms with Gasteiger partial charge in [-0.3, -0.25) is 10.2 Å². The summed E-state index contributed by atoms with van der Waals surface area (Å²) >= 11 is 0. The summed E-state index contributed by atoms with van der Waals surface area (Å²) in [6.45, 7) is 14.5. The van der Waals surface area contributed by atoms with E-state index in [2.05, 4.69) is 0 Å². The smallest absolute Gasteiger partial charge is 0.197 e. The fourth-order valence-electron chi connectivity index (χ4n) is 4.33. The third-order valence-corrected chi connectivity index (χ3v) is 6.23. The standard InChI is InChI=1S/C28H37FN2O4/c1-9-10-35-21-13-17-14-31(26(30)22(17)23(29)25(21)34-8)15-20(32)16-11-18(27(2,3)4)24(33)19(12-16)28(5,6)7/h11-13,30,33H,9-10,14-15H2,1-8H3. The summed E-state index contributed by atoms with van der Waals surface area (Å²) in [5, 5.41) is 19.5. The molecule has 0 saturated heterocycles. The molecule has 6 nitrogen and oxygen atoms in total. The Hall–Kier alpha value is -3.09. The molecule has 1 aliphatic rings. The molecule has 1 heterocycles. The molecule has 0 fully saturated rings. The largest absolute Gasteiger partial charge is 0.507 e. The minimum absolute atomic E-state index is 0.0294. The van der Waals surface area contributed by atoms with E-state index in [0.29, 0.717) is 34.6 Å². The van der Waals surface area contributed by atoms with Crippen molar-refractivity contribution in [2.75, 3.05) is 20.3 Å². The molecule has 0 saturated carbocycles. The van der Waals surface area contributed by atoms with Crippen molar-refractivity contribution in [1.82, 2.24) is 4.90 Å². The van der Waals surface area contributed by atoms with Gasteiger partial charge in [-0.25, -0.2) is 4.39 Å². The van der Waals surface area contributed by atoms with E-state index in [4.69, 9.17) is 14.9 Å².